The molecule has 0 bridgehead atoms. The molecule has 10 nitrogen and oxygen atoms in total. The fourth-order valence-electron chi connectivity index (χ4n) is 2.82. The van der Waals surface area contributed by atoms with Gasteiger partial charge in [0.05, 0.1) is 17.5 Å². The van der Waals surface area contributed by atoms with Crippen molar-refractivity contribution in [3.8, 4) is 10.7 Å². The summed E-state index contributed by atoms with van der Waals surface area (Å²) in [5.41, 5.74) is 0. The van der Waals surface area contributed by atoms with Gasteiger partial charge in [0.25, 0.3) is 5.91 Å². The molecule has 140 valence electrons. The van der Waals surface area contributed by atoms with Crippen LogP contribution in [-0.2, 0) is 6.54 Å². The number of carbonyl (C=O) groups is 1. The van der Waals surface area contributed by atoms with E-state index in [1.54, 1.807) is 16.2 Å². The van der Waals surface area contributed by atoms with Crippen molar-refractivity contribution in [2.24, 2.45) is 0 Å². The van der Waals surface area contributed by atoms with Crippen molar-refractivity contribution >= 4 is 23.1 Å². The lowest BCUT2D eigenvalue weighted by atomic mass is 10.3. The first kappa shape index (κ1) is 17.4. The number of furan rings is 1. The summed E-state index contributed by atoms with van der Waals surface area (Å²) in [6.45, 7) is 2.74. The molecule has 1 aliphatic heterocycles. The Hall–Kier alpha value is -3.05. The van der Waals surface area contributed by atoms with Crippen LogP contribution in [0.15, 0.2) is 38.6 Å². The van der Waals surface area contributed by atoms with E-state index in [0.717, 1.165) is 4.88 Å². The summed E-state index contributed by atoms with van der Waals surface area (Å²) in [5, 5.41) is 16.6. The van der Waals surface area contributed by atoms with Gasteiger partial charge >= 0.3 is 5.88 Å². The predicted molar refractivity (Wildman–Crippen MR) is 94.2 cm³/mol. The summed E-state index contributed by atoms with van der Waals surface area (Å²) >= 11 is 1.55. The zero-order valence-electron chi connectivity index (χ0n) is 14.1. The zero-order valence-corrected chi connectivity index (χ0v) is 14.9. The molecular weight excluding hydrogens is 374 g/mol. The van der Waals surface area contributed by atoms with E-state index in [9.17, 15) is 14.9 Å². The van der Waals surface area contributed by atoms with E-state index in [0.29, 0.717) is 44.4 Å². The fraction of sp³-hybridized carbons (Fsp3) is 0.312. The van der Waals surface area contributed by atoms with Crippen molar-refractivity contribution in [2.45, 2.75) is 6.54 Å². The highest BCUT2D eigenvalue weighted by atomic mass is 32.1. The van der Waals surface area contributed by atoms with Crippen LogP contribution in [0.1, 0.15) is 16.4 Å². The normalized spacial score (nSPS) is 15.2. The molecule has 3 aromatic rings. The summed E-state index contributed by atoms with van der Waals surface area (Å²) in [7, 11) is 0. The summed E-state index contributed by atoms with van der Waals surface area (Å²) in [6.07, 6.45) is 0. The van der Waals surface area contributed by atoms with Crippen molar-refractivity contribution in [1.82, 2.24) is 19.9 Å². The molecule has 0 N–H and O–H groups in total. The maximum atomic E-state index is 12.4. The Balaban J connectivity index is 1.32. The molecule has 0 unspecified atom stereocenters. The highest BCUT2D eigenvalue weighted by molar-refractivity contribution is 7.13. The summed E-state index contributed by atoms with van der Waals surface area (Å²) < 4.78 is 10.3. The quantitative estimate of drug-likeness (QED) is 0.481. The number of nitrogens with zero attached hydrogens (tertiary/aromatic N) is 5. The number of hydrogen-bond donors (Lipinski definition) is 0. The molecule has 0 radical (unpaired) electrons. The first-order valence-corrected chi connectivity index (χ1v) is 9.10. The van der Waals surface area contributed by atoms with Gasteiger partial charge in [-0.15, -0.1) is 11.3 Å². The maximum absolute atomic E-state index is 12.4. The van der Waals surface area contributed by atoms with Gasteiger partial charge in [-0.05, 0) is 17.5 Å². The van der Waals surface area contributed by atoms with E-state index in [2.05, 4.69) is 15.0 Å². The molecule has 4 rings (SSSR count). The number of nitro groups is 1. The fourth-order valence-corrected chi connectivity index (χ4v) is 3.47. The van der Waals surface area contributed by atoms with Gasteiger partial charge in [-0.1, -0.05) is 11.2 Å². The first-order chi connectivity index (χ1) is 13.1. The maximum Gasteiger partial charge on any atom is 0.433 e. The molecule has 0 atom stereocenters. The molecule has 27 heavy (non-hydrogen) atoms. The average molecular weight is 389 g/mol. The number of carbonyl (C=O) groups excluding carboxylic acids is 1. The third kappa shape index (κ3) is 3.73. The van der Waals surface area contributed by atoms with E-state index < -0.39 is 10.8 Å². The molecule has 0 spiro atoms. The highest BCUT2D eigenvalue weighted by Crippen LogP contribution is 2.22. The molecule has 1 amide bonds. The molecule has 3 aromatic heterocycles. The molecule has 0 aromatic carbocycles. The molecule has 1 saturated heterocycles. The van der Waals surface area contributed by atoms with Gasteiger partial charge in [0.2, 0.25) is 11.7 Å². The lowest BCUT2D eigenvalue weighted by molar-refractivity contribution is -0.402. The van der Waals surface area contributed by atoms with Crippen LogP contribution < -0.4 is 0 Å². The van der Waals surface area contributed by atoms with Crippen LogP contribution in [0, 0.1) is 10.1 Å². The van der Waals surface area contributed by atoms with Crippen LogP contribution in [-0.4, -0.2) is 56.9 Å². The lowest BCUT2D eigenvalue weighted by Crippen LogP contribution is -2.48. The van der Waals surface area contributed by atoms with Gasteiger partial charge in [0.15, 0.2) is 5.76 Å². The van der Waals surface area contributed by atoms with Crippen molar-refractivity contribution in [3.05, 3.63) is 51.4 Å². The van der Waals surface area contributed by atoms with Crippen molar-refractivity contribution in [3.63, 3.8) is 0 Å². The van der Waals surface area contributed by atoms with Gasteiger partial charge in [-0.25, -0.2) is 0 Å². The summed E-state index contributed by atoms with van der Waals surface area (Å²) in [4.78, 5) is 31.5. The lowest BCUT2D eigenvalue weighted by Gasteiger charge is -2.33. The van der Waals surface area contributed by atoms with Crippen molar-refractivity contribution in [1.29, 1.82) is 0 Å². The predicted octanol–water partition coefficient (Wildman–Crippen LogP) is 2.26. The molecular formula is C16H15N5O5S. The van der Waals surface area contributed by atoms with Crippen LogP contribution in [0.3, 0.4) is 0 Å². The smallest absolute Gasteiger partial charge is 0.395 e. The molecule has 0 saturated carbocycles. The molecule has 4 heterocycles. The first-order valence-electron chi connectivity index (χ1n) is 8.22. The second kappa shape index (κ2) is 7.29. The zero-order chi connectivity index (χ0) is 18.8. The second-order valence-electron chi connectivity index (χ2n) is 5.95. The highest BCUT2D eigenvalue weighted by Gasteiger charge is 2.26. The molecule has 11 heteroatoms. The van der Waals surface area contributed by atoms with Crippen LogP contribution >= 0.6 is 11.3 Å². The van der Waals surface area contributed by atoms with Gasteiger partial charge in [-0.3, -0.25) is 19.8 Å². The van der Waals surface area contributed by atoms with E-state index in [1.165, 1.54) is 12.1 Å². The number of piperazine rings is 1. The Morgan fingerprint density at radius 2 is 2.07 bits per heavy atom. The van der Waals surface area contributed by atoms with Gasteiger partial charge in [0.1, 0.15) is 4.92 Å². The number of thiophene rings is 1. The standard InChI is InChI=1S/C16H15N5O5S/c22-16(11-3-4-14(25-11)21(23)24)20-7-5-19(6-8-20)10-13-17-15(18-26-13)12-2-1-9-27-12/h1-4,9H,5-8,10H2. The van der Waals surface area contributed by atoms with E-state index in [1.807, 2.05) is 17.5 Å². The van der Waals surface area contributed by atoms with Crippen molar-refractivity contribution in [2.75, 3.05) is 26.2 Å². The molecule has 1 fully saturated rings. The second-order valence-corrected chi connectivity index (χ2v) is 6.90. The Morgan fingerprint density at radius 1 is 1.26 bits per heavy atom. The Labute approximate surface area is 157 Å². The monoisotopic (exact) mass is 389 g/mol. The number of rotatable bonds is 5. The third-order valence-corrected chi connectivity index (χ3v) is 5.08. The van der Waals surface area contributed by atoms with Crippen LogP contribution in [0.2, 0.25) is 0 Å². The minimum atomic E-state index is -0.663. The van der Waals surface area contributed by atoms with E-state index >= 15 is 0 Å². The van der Waals surface area contributed by atoms with Crippen LogP contribution in [0.25, 0.3) is 10.7 Å². The largest absolute Gasteiger partial charge is 0.433 e. The van der Waals surface area contributed by atoms with Gasteiger partial charge < -0.3 is 13.8 Å². The topological polar surface area (TPSA) is 119 Å². The minimum absolute atomic E-state index is 0.0207. The average Bonchev–Trinajstić information content (AvgIpc) is 3.42. The van der Waals surface area contributed by atoms with E-state index in [4.69, 9.17) is 8.94 Å². The minimum Gasteiger partial charge on any atom is -0.395 e. The van der Waals surface area contributed by atoms with Crippen LogP contribution in [0.5, 0.6) is 0 Å². The Bertz CT molecular complexity index is 942. The Morgan fingerprint density at radius 3 is 2.74 bits per heavy atom. The molecule has 0 aliphatic carbocycles. The summed E-state index contributed by atoms with van der Waals surface area (Å²) in [6, 6.07) is 6.38. The third-order valence-electron chi connectivity index (χ3n) is 4.21. The number of amides is 1. The van der Waals surface area contributed by atoms with Crippen molar-refractivity contribution < 1.29 is 18.7 Å². The number of hydrogen-bond acceptors (Lipinski definition) is 9. The SMILES string of the molecule is O=C(c1ccc([N+](=O)[O-])o1)N1CCN(Cc2nc(-c3cccs3)no2)CC1. The number of aromatic nitrogens is 2. The molecule has 1 aliphatic rings. The Kier molecular flexibility index (Phi) is 4.69. The van der Waals surface area contributed by atoms with Gasteiger partial charge in [0, 0.05) is 26.2 Å². The summed E-state index contributed by atoms with van der Waals surface area (Å²) in [5.74, 6) is 0.302. The van der Waals surface area contributed by atoms with E-state index in [-0.39, 0.29) is 11.7 Å². The van der Waals surface area contributed by atoms with Crippen LogP contribution in [0.4, 0.5) is 5.88 Å². The van der Waals surface area contributed by atoms with Gasteiger partial charge in [-0.2, -0.15) is 4.98 Å².